The molecule has 1 saturated heterocycles. The van der Waals surface area contributed by atoms with Crippen LogP contribution >= 0.6 is 35.3 Å². The van der Waals surface area contributed by atoms with Crippen LogP contribution in [0.4, 0.5) is 0 Å². The van der Waals surface area contributed by atoms with E-state index in [0.717, 1.165) is 31.3 Å². The topological polar surface area (TPSA) is 57.5 Å². The molecule has 0 radical (unpaired) electrons. The van der Waals surface area contributed by atoms with Gasteiger partial charge in [-0.15, -0.1) is 35.3 Å². The summed E-state index contributed by atoms with van der Waals surface area (Å²) in [7, 11) is 3.83. The van der Waals surface area contributed by atoms with Crippen LogP contribution in [0.15, 0.2) is 22.5 Å². The molecule has 0 aromatic carbocycles. The molecule has 0 amide bonds. The molecule has 2 aromatic heterocycles. The molecule has 1 aliphatic heterocycles. The van der Waals surface area contributed by atoms with Crippen LogP contribution in [0.3, 0.4) is 0 Å². The average Bonchev–Trinajstić information content (AvgIpc) is 3.26. The summed E-state index contributed by atoms with van der Waals surface area (Å²) in [6.07, 6.45) is 2.49. The fourth-order valence-electron chi connectivity index (χ4n) is 3.68. The maximum atomic E-state index is 4.48. The average molecular weight is 516 g/mol. The van der Waals surface area contributed by atoms with Gasteiger partial charge in [-0.1, -0.05) is 6.07 Å². The van der Waals surface area contributed by atoms with E-state index in [1.54, 1.807) is 0 Å². The third-order valence-electron chi connectivity index (χ3n) is 5.54. The highest BCUT2D eigenvalue weighted by Crippen LogP contribution is 2.20. The zero-order valence-corrected chi connectivity index (χ0v) is 20.5. The minimum Gasteiger partial charge on any atom is -0.356 e. The molecule has 3 rings (SSSR count). The van der Waals surface area contributed by atoms with E-state index in [9.17, 15) is 0 Å². The molecule has 6 nitrogen and oxygen atoms in total. The number of likely N-dealkylation sites (tertiary alicyclic amines) is 1. The first-order valence-electron chi connectivity index (χ1n) is 9.75. The molecule has 0 unspecified atom stereocenters. The highest BCUT2D eigenvalue weighted by atomic mass is 127. The number of rotatable bonds is 6. The van der Waals surface area contributed by atoms with Gasteiger partial charge in [-0.05, 0) is 57.1 Å². The van der Waals surface area contributed by atoms with Crippen LogP contribution in [-0.2, 0) is 20.1 Å². The first kappa shape index (κ1) is 23.2. The Balaban J connectivity index is 0.00000280. The second-order valence-corrected chi connectivity index (χ2v) is 8.41. The maximum absolute atomic E-state index is 4.48. The Morgan fingerprint density at radius 3 is 2.61 bits per heavy atom. The lowest BCUT2D eigenvalue weighted by molar-refractivity contribution is 0.179. The minimum absolute atomic E-state index is 0. The van der Waals surface area contributed by atoms with Gasteiger partial charge in [0.05, 0.1) is 5.69 Å². The van der Waals surface area contributed by atoms with Crippen molar-refractivity contribution in [2.45, 2.75) is 39.8 Å². The van der Waals surface area contributed by atoms with Gasteiger partial charge in [0.2, 0.25) is 0 Å². The Morgan fingerprint density at radius 1 is 1.29 bits per heavy atom. The van der Waals surface area contributed by atoms with Crippen molar-refractivity contribution in [1.82, 2.24) is 25.3 Å². The standard InChI is InChI=1S/C20H32N6S.HI/c1-15-19(16(2)25(4)24-15)13-23-20(21-3)22-12-17-7-9-26(10-8-17)14-18-6-5-11-27-18;/h5-6,11,17H,7-10,12-14H2,1-4H3,(H2,21,22,23);1H. The molecule has 1 aliphatic rings. The lowest BCUT2D eigenvalue weighted by Crippen LogP contribution is -2.42. The van der Waals surface area contributed by atoms with Gasteiger partial charge in [0, 0.05) is 49.9 Å². The van der Waals surface area contributed by atoms with E-state index >= 15 is 0 Å². The van der Waals surface area contributed by atoms with Crippen molar-refractivity contribution in [1.29, 1.82) is 0 Å². The summed E-state index contributed by atoms with van der Waals surface area (Å²) in [5.41, 5.74) is 3.53. The number of piperidine rings is 1. The number of aliphatic imine (C=N–C) groups is 1. The zero-order chi connectivity index (χ0) is 19.2. The summed E-state index contributed by atoms with van der Waals surface area (Å²) in [4.78, 5) is 8.42. The second kappa shape index (κ2) is 11.2. The molecule has 1 fully saturated rings. The van der Waals surface area contributed by atoms with Crippen molar-refractivity contribution in [3.8, 4) is 0 Å². The molecule has 2 aromatic rings. The number of halogens is 1. The number of nitrogens with one attached hydrogen (secondary N) is 2. The summed E-state index contributed by atoms with van der Waals surface area (Å²) < 4.78 is 1.94. The molecule has 0 bridgehead atoms. The second-order valence-electron chi connectivity index (χ2n) is 7.38. The first-order chi connectivity index (χ1) is 13.1. The third-order valence-corrected chi connectivity index (χ3v) is 6.40. The van der Waals surface area contributed by atoms with Crippen LogP contribution in [-0.4, -0.2) is 47.3 Å². The number of thiophene rings is 1. The van der Waals surface area contributed by atoms with Gasteiger partial charge in [-0.3, -0.25) is 14.6 Å². The lowest BCUT2D eigenvalue weighted by Gasteiger charge is -2.32. The van der Waals surface area contributed by atoms with Gasteiger partial charge < -0.3 is 10.6 Å². The van der Waals surface area contributed by atoms with E-state index in [4.69, 9.17) is 0 Å². The minimum atomic E-state index is 0. The molecular weight excluding hydrogens is 483 g/mol. The molecule has 0 saturated carbocycles. The Kier molecular flexibility index (Phi) is 9.23. The van der Waals surface area contributed by atoms with Crippen molar-refractivity contribution in [3.63, 3.8) is 0 Å². The first-order valence-corrected chi connectivity index (χ1v) is 10.6. The number of nitrogens with zero attached hydrogens (tertiary/aromatic N) is 4. The van der Waals surface area contributed by atoms with Gasteiger partial charge in [0.15, 0.2) is 5.96 Å². The number of hydrogen-bond donors (Lipinski definition) is 2. The normalized spacial score (nSPS) is 16.1. The predicted molar refractivity (Wildman–Crippen MR) is 129 cm³/mol. The molecule has 28 heavy (non-hydrogen) atoms. The van der Waals surface area contributed by atoms with Crippen LogP contribution in [0.1, 0.15) is 34.7 Å². The summed E-state index contributed by atoms with van der Waals surface area (Å²) in [5.74, 6) is 1.59. The summed E-state index contributed by atoms with van der Waals surface area (Å²) in [5, 5.41) is 13.6. The molecule has 0 aliphatic carbocycles. The molecule has 0 spiro atoms. The monoisotopic (exact) mass is 516 g/mol. The fraction of sp³-hybridized carbons (Fsp3) is 0.600. The van der Waals surface area contributed by atoms with Gasteiger partial charge in [0.1, 0.15) is 0 Å². The van der Waals surface area contributed by atoms with Crippen LogP contribution in [0.25, 0.3) is 0 Å². The smallest absolute Gasteiger partial charge is 0.191 e. The van der Waals surface area contributed by atoms with Crippen molar-refractivity contribution < 1.29 is 0 Å². The van der Waals surface area contributed by atoms with Gasteiger partial charge in [0.25, 0.3) is 0 Å². The Morgan fingerprint density at radius 2 is 2.04 bits per heavy atom. The van der Waals surface area contributed by atoms with E-state index in [-0.39, 0.29) is 24.0 Å². The summed E-state index contributed by atoms with van der Waals surface area (Å²) in [6.45, 7) is 9.38. The number of guanidine groups is 1. The van der Waals surface area contributed by atoms with Crippen LogP contribution in [0.5, 0.6) is 0 Å². The van der Waals surface area contributed by atoms with Crippen LogP contribution < -0.4 is 10.6 Å². The lowest BCUT2D eigenvalue weighted by atomic mass is 9.97. The summed E-state index contributed by atoms with van der Waals surface area (Å²) in [6, 6.07) is 4.38. The van der Waals surface area contributed by atoms with E-state index in [2.05, 4.69) is 57.0 Å². The molecule has 3 heterocycles. The quantitative estimate of drug-likeness (QED) is 0.352. The summed E-state index contributed by atoms with van der Waals surface area (Å²) >= 11 is 1.86. The SMILES string of the molecule is CN=C(NCc1c(C)nn(C)c1C)NCC1CCN(Cc2cccs2)CC1.I. The molecule has 156 valence electrons. The number of hydrogen-bond acceptors (Lipinski definition) is 4. The Hall–Kier alpha value is -1.13. The fourth-order valence-corrected chi connectivity index (χ4v) is 4.42. The molecule has 2 N–H and O–H groups in total. The van der Waals surface area contributed by atoms with Gasteiger partial charge >= 0.3 is 0 Å². The number of aromatic nitrogens is 2. The van der Waals surface area contributed by atoms with Crippen LogP contribution in [0.2, 0.25) is 0 Å². The van der Waals surface area contributed by atoms with E-state index < -0.39 is 0 Å². The zero-order valence-electron chi connectivity index (χ0n) is 17.4. The van der Waals surface area contributed by atoms with E-state index in [1.807, 2.05) is 30.1 Å². The van der Waals surface area contributed by atoms with E-state index in [0.29, 0.717) is 5.92 Å². The molecule has 0 atom stereocenters. The predicted octanol–water partition coefficient (Wildman–Crippen LogP) is 3.29. The van der Waals surface area contributed by atoms with Crippen LogP contribution in [0, 0.1) is 19.8 Å². The molecule has 8 heteroatoms. The Labute approximate surface area is 189 Å². The van der Waals surface area contributed by atoms with Crippen molar-refractivity contribution in [3.05, 3.63) is 39.3 Å². The van der Waals surface area contributed by atoms with Crippen molar-refractivity contribution in [2.75, 3.05) is 26.7 Å². The highest BCUT2D eigenvalue weighted by Gasteiger charge is 2.19. The van der Waals surface area contributed by atoms with Crippen molar-refractivity contribution >= 4 is 41.3 Å². The van der Waals surface area contributed by atoms with Gasteiger partial charge in [-0.2, -0.15) is 5.10 Å². The molecular formula is C20H33IN6S. The van der Waals surface area contributed by atoms with E-state index in [1.165, 1.54) is 42.1 Å². The maximum Gasteiger partial charge on any atom is 0.191 e. The highest BCUT2D eigenvalue weighted by molar-refractivity contribution is 14.0. The third kappa shape index (κ3) is 6.18. The van der Waals surface area contributed by atoms with Crippen molar-refractivity contribution in [2.24, 2.45) is 18.0 Å². The largest absolute Gasteiger partial charge is 0.356 e. The number of aryl methyl sites for hydroxylation is 2. The van der Waals surface area contributed by atoms with Gasteiger partial charge in [-0.25, -0.2) is 0 Å². The Bertz CT molecular complexity index is 747.